The van der Waals surface area contributed by atoms with E-state index in [1.165, 1.54) is 11.1 Å². The first-order chi connectivity index (χ1) is 10.7. The average Bonchev–Trinajstić information content (AvgIpc) is 3.16. The second-order valence-electron chi connectivity index (χ2n) is 5.90. The van der Waals surface area contributed by atoms with Crippen molar-refractivity contribution in [1.82, 2.24) is 5.32 Å². The highest BCUT2D eigenvalue weighted by Gasteiger charge is 2.23. The maximum atomic E-state index is 12.3. The average molecular weight is 302 g/mol. The van der Waals surface area contributed by atoms with Gasteiger partial charge < -0.3 is 20.5 Å². The van der Waals surface area contributed by atoms with E-state index in [2.05, 4.69) is 16.7 Å². The summed E-state index contributed by atoms with van der Waals surface area (Å²) >= 11 is 0. The third kappa shape index (κ3) is 2.95. The molecule has 2 atom stereocenters. The lowest BCUT2D eigenvalue weighted by atomic mass is 10.1. The summed E-state index contributed by atoms with van der Waals surface area (Å²) in [5.74, 6) is 0.840. The second-order valence-corrected chi connectivity index (χ2v) is 5.90. The molecule has 2 aliphatic carbocycles. The van der Waals surface area contributed by atoms with Crippen molar-refractivity contribution >= 4 is 11.7 Å². The van der Waals surface area contributed by atoms with Gasteiger partial charge in [-0.2, -0.15) is 0 Å². The summed E-state index contributed by atoms with van der Waals surface area (Å²) < 4.78 is 5.39. The van der Waals surface area contributed by atoms with Crippen LogP contribution in [0.3, 0.4) is 0 Å². The number of fused-ring (bicyclic) bond motifs is 1. The molecule has 0 heterocycles. The van der Waals surface area contributed by atoms with Crippen LogP contribution in [0.4, 0.5) is 10.5 Å². The molecule has 0 saturated heterocycles. The predicted molar refractivity (Wildman–Crippen MR) is 85.3 cm³/mol. The van der Waals surface area contributed by atoms with Gasteiger partial charge in [-0.25, -0.2) is 4.79 Å². The van der Waals surface area contributed by atoms with E-state index < -0.39 is 0 Å². The molecule has 0 radical (unpaired) electrons. The van der Waals surface area contributed by atoms with E-state index in [-0.39, 0.29) is 24.6 Å². The number of hydrogen-bond acceptors (Lipinski definition) is 3. The van der Waals surface area contributed by atoms with Gasteiger partial charge in [0.2, 0.25) is 0 Å². The molecule has 0 aromatic heterocycles. The number of amides is 2. The van der Waals surface area contributed by atoms with Crippen LogP contribution in [0.15, 0.2) is 24.3 Å². The summed E-state index contributed by atoms with van der Waals surface area (Å²) in [4.78, 5) is 12.3. The van der Waals surface area contributed by atoms with E-state index in [9.17, 15) is 4.79 Å². The van der Waals surface area contributed by atoms with Gasteiger partial charge >= 0.3 is 6.03 Å². The minimum atomic E-state index is -0.230. The maximum Gasteiger partial charge on any atom is 0.319 e. The Morgan fingerprint density at radius 2 is 2.23 bits per heavy atom. The van der Waals surface area contributed by atoms with Gasteiger partial charge in [0.1, 0.15) is 5.75 Å². The second kappa shape index (κ2) is 6.40. The van der Waals surface area contributed by atoms with Crippen molar-refractivity contribution < 1.29 is 14.6 Å². The first-order valence-corrected chi connectivity index (χ1v) is 7.76. The van der Waals surface area contributed by atoms with E-state index in [1.807, 2.05) is 18.2 Å². The summed E-state index contributed by atoms with van der Waals surface area (Å²) in [5.41, 5.74) is 3.26. The Morgan fingerprint density at radius 3 is 2.95 bits per heavy atom. The highest BCUT2D eigenvalue weighted by molar-refractivity contribution is 5.92. The van der Waals surface area contributed by atoms with Crippen LogP contribution in [0.1, 0.15) is 24.0 Å². The van der Waals surface area contributed by atoms with Crippen LogP contribution in [-0.2, 0) is 12.8 Å². The van der Waals surface area contributed by atoms with Crippen LogP contribution in [0.2, 0.25) is 0 Å². The van der Waals surface area contributed by atoms with Gasteiger partial charge in [-0.05, 0) is 42.9 Å². The SMILES string of the molecule is COc1ccc2c(c1NC(=O)N[C@@H]1C=C[C@H](CO)C1)CCC2. The van der Waals surface area contributed by atoms with Crippen molar-refractivity contribution in [3.05, 3.63) is 35.4 Å². The molecule has 22 heavy (non-hydrogen) atoms. The fourth-order valence-corrected chi connectivity index (χ4v) is 3.29. The number of rotatable bonds is 4. The predicted octanol–water partition coefficient (Wildman–Crippen LogP) is 2.24. The zero-order chi connectivity index (χ0) is 15.5. The fraction of sp³-hybridized carbons (Fsp3) is 0.471. The molecule has 2 amide bonds. The van der Waals surface area contributed by atoms with Crippen LogP contribution >= 0.6 is 0 Å². The first kappa shape index (κ1) is 14.9. The molecule has 0 aliphatic heterocycles. The van der Waals surface area contributed by atoms with Gasteiger partial charge in [-0.3, -0.25) is 0 Å². The number of carbonyl (C=O) groups is 1. The standard InChI is InChI=1S/C17H22N2O3/c1-22-15-8-6-12-3-2-4-14(12)16(15)19-17(21)18-13-7-5-11(9-13)10-20/h5-8,11,13,20H,2-4,9-10H2,1H3,(H2,18,19,21)/t11-,13+/m0/s1. The Kier molecular flexibility index (Phi) is 4.34. The van der Waals surface area contributed by atoms with Crippen molar-refractivity contribution in [2.24, 2.45) is 5.92 Å². The molecule has 0 spiro atoms. The van der Waals surface area contributed by atoms with Gasteiger partial charge in [0, 0.05) is 18.6 Å². The Labute approximate surface area is 130 Å². The van der Waals surface area contributed by atoms with E-state index in [0.717, 1.165) is 31.4 Å². The fourth-order valence-electron chi connectivity index (χ4n) is 3.29. The third-order valence-corrected chi connectivity index (χ3v) is 4.43. The third-order valence-electron chi connectivity index (χ3n) is 4.43. The smallest absolute Gasteiger partial charge is 0.319 e. The minimum Gasteiger partial charge on any atom is -0.495 e. The lowest BCUT2D eigenvalue weighted by Gasteiger charge is -2.17. The Balaban J connectivity index is 1.69. The molecule has 0 saturated carbocycles. The monoisotopic (exact) mass is 302 g/mol. The van der Waals surface area contributed by atoms with Crippen LogP contribution in [0.5, 0.6) is 5.75 Å². The largest absolute Gasteiger partial charge is 0.495 e. The minimum absolute atomic E-state index is 0.0279. The van der Waals surface area contributed by atoms with Crippen molar-refractivity contribution in [3.8, 4) is 5.75 Å². The van der Waals surface area contributed by atoms with Crippen molar-refractivity contribution in [1.29, 1.82) is 0 Å². The van der Waals surface area contributed by atoms with E-state index in [1.54, 1.807) is 7.11 Å². The van der Waals surface area contributed by atoms with Crippen LogP contribution in [0, 0.1) is 5.92 Å². The van der Waals surface area contributed by atoms with Gasteiger partial charge in [0.15, 0.2) is 0 Å². The summed E-state index contributed by atoms with van der Waals surface area (Å²) in [6.07, 6.45) is 7.77. The van der Waals surface area contributed by atoms with Crippen molar-refractivity contribution in [3.63, 3.8) is 0 Å². The van der Waals surface area contributed by atoms with Gasteiger partial charge in [0.05, 0.1) is 12.8 Å². The molecule has 1 aromatic rings. The Hall–Kier alpha value is -2.01. The molecule has 5 heteroatoms. The zero-order valence-corrected chi connectivity index (χ0v) is 12.8. The Bertz CT molecular complexity index is 598. The number of nitrogens with one attached hydrogen (secondary N) is 2. The summed E-state index contributed by atoms with van der Waals surface area (Å²) in [6, 6.07) is 3.74. The zero-order valence-electron chi connectivity index (χ0n) is 12.8. The van der Waals surface area contributed by atoms with E-state index >= 15 is 0 Å². The molecule has 3 rings (SSSR count). The number of benzene rings is 1. The normalized spacial score (nSPS) is 22.5. The number of carbonyl (C=O) groups excluding carboxylic acids is 1. The first-order valence-electron chi connectivity index (χ1n) is 7.76. The highest BCUT2D eigenvalue weighted by Crippen LogP contribution is 2.36. The van der Waals surface area contributed by atoms with Crippen LogP contribution in [-0.4, -0.2) is 30.9 Å². The molecule has 2 aliphatic rings. The maximum absolute atomic E-state index is 12.3. The van der Waals surface area contributed by atoms with Gasteiger partial charge in [-0.15, -0.1) is 0 Å². The molecular weight excluding hydrogens is 280 g/mol. The lowest BCUT2D eigenvalue weighted by molar-refractivity contribution is 0.238. The summed E-state index contributed by atoms with van der Waals surface area (Å²) in [7, 11) is 1.62. The van der Waals surface area contributed by atoms with E-state index in [4.69, 9.17) is 9.84 Å². The number of ether oxygens (including phenoxy) is 1. The van der Waals surface area contributed by atoms with Crippen LogP contribution < -0.4 is 15.4 Å². The van der Waals surface area contributed by atoms with E-state index in [0.29, 0.717) is 5.75 Å². The highest BCUT2D eigenvalue weighted by atomic mass is 16.5. The number of urea groups is 1. The molecule has 5 nitrogen and oxygen atoms in total. The summed E-state index contributed by atoms with van der Waals surface area (Å²) in [5, 5.41) is 15.0. The number of hydrogen-bond donors (Lipinski definition) is 3. The molecular formula is C17H22N2O3. The Morgan fingerprint density at radius 1 is 1.36 bits per heavy atom. The number of aryl methyl sites for hydroxylation is 1. The molecule has 0 unspecified atom stereocenters. The number of methoxy groups -OCH3 is 1. The quantitative estimate of drug-likeness (QED) is 0.747. The summed E-state index contributed by atoms with van der Waals surface area (Å²) in [6.45, 7) is 0.121. The number of aliphatic hydroxyl groups is 1. The molecule has 118 valence electrons. The number of anilines is 1. The lowest BCUT2D eigenvalue weighted by Crippen LogP contribution is -2.36. The molecule has 0 fully saturated rings. The van der Waals surface area contributed by atoms with Crippen molar-refractivity contribution in [2.75, 3.05) is 19.0 Å². The van der Waals surface area contributed by atoms with Gasteiger partial charge in [-0.1, -0.05) is 18.2 Å². The molecule has 1 aromatic carbocycles. The van der Waals surface area contributed by atoms with Crippen LogP contribution in [0.25, 0.3) is 0 Å². The molecule has 3 N–H and O–H groups in total. The molecule has 0 bridgehead atoms. The van der Waals surface area contributed by atoms with Crippen molar-refractivity contribution in [2.45, 2.75) is 31.7 Å². The topological polar surface area (TPSA) is 70.6 Å². The van der Waals surface area contributed by atoms with Gasteiger partial charge in [0.25, 0.3) is 0 Å². The number of aliphatic hydroxyl groups excluding tert-OH is 1.